The normalized spacial score (nSPS) is 14.2. The van der Waals surface area contributed by atoms with Gasteiger partial charge < -0.3 is 9.64 Å². The smallest absolute Gasteiger partial charge is 0.385 e. The van der Waals surface area contributed by atoms with Gasteiger partial charge in [0.25, 0.3) is 11.5 Å². The lowest BCUT2D eigenvalue weighted by Crippen LogP contribution is -2.26. The molecule has 2 aromatic rings. The number of aromatic nitrogens is 4. The monoisotopic (exact) mass is 733 g/mol. The molecule has 2 aromatic heterocycles. The molecule has 1 aliphatic carbocycles. The minimum absolute atomic E-state index is 0.0166. The molecule has 0 saturated carbocycles. The van der Waals surface area contributed by atoms with Gasteiger partial charge in [0.1, 0.15) is 11.4 Å². The van der Waals surface area contributed by atoms with Gasteiger partial charge in [0.15, 0.2) is 0 Å². The highest BCUT2D eigenvalue weighted by Gasteiger charge is 2.42. The predicted molar refractivity (Wildman–Crippen MR) is 194 cm³/mol. The summed E-state index contributed by atoms with van der Waals surface area (Å²) in [6.45, 7) is 16.5. The number of amides is 1. The summed E-state index contributed by atoms with van der Waals surface area (Å²) in [6, 6.07) is 0. The van der Waals surface area contributed by atoms with Crippen LogP contribution >= 0.6 is 0 Å². The van der Waals surface area contributed by atoms with Crippen molar-refractivity contribution < 1.29 is 31.5 Å². The van der Waals surface area contributed by atoms with Crippen molar-refractivity contribution >= 4 is 6.41 Å². The largest absolute Gasteiger partial charge is 0.422 e. The molecule has 0 bridgehead atoms. The number of H-pyrrole nitrogens is 1. The molecule has 8 nitrogen and oxygen atoms in total. The average molecular weight is 734 g/mol. The maximum Gasteiger partial charge on any atom is 0.422 e. The van der Waals surface area contributed by atoms with Crippen LogP contribution in [0.4, 0.5) is 22.0 Å². The molecule has 0 radical (unpaired) electrons. The van der Waals surface area contributed by atoms with Gasteiger partial charge in [-0.05, 0) is 50.0 Å². The summed E-state index contributed by atoms with van der Waals surface area (Å²) in [7, 11) is 1.71. The number of fused-ring (bicyclic) bond motifs is 1. The van der Waals surface area contributed by atoms with E-state index in [2.05, 4.69) is 42.8 Å². The summed E-state index contributed by atoms with van der Waals surface area (Å²) in [5.41, 5.74) is -1.79. The lowest BCUT2D eigenvalue weighted by molar-refractivity contribution is -0.139. The predicted octanol–water partition coefficient (Wildman–Crippen LogP) is 10.1. The molecule has 51 heavy (non-hydrogen) atoms. The fourth-order valence-electron chi connectivity index (χ4n) is 5.52. The second kappa shape index (κ2) is 26.8. The number of halogens is 5. The SMILES string of the molecule is CCC(C)C1CCc2c1n[nH]c(=O)c2C(F)(F)F.CCCCC.CCCN(C=O)CCCCCCc1ncc(C(F)(F)CC)cn1.CCCOC. The average Bonchev–Trinajstić information content (AvgIpc) is 3.53. The molecule has 1 amide bonds. The van der Waals surface area contributed by atoms with Gasteiger partial charge in [-0.3, -0.25) is 9.59 Å². The number of aryl methyl sites for hydroxylation is 1. The summed E-state index contributed by atoms with van der Waals surface area (Å²) in [5, 5.41) is 5.84. The third-order valence-electron chi connectivity index (χ3n) is 8.73. The molecule has 1 aliphatic rings. The van der Waals surface area contributed by atoms with Crippen molar-refractivity contribution in [2.45, 2.75) is 156 Å². The van der Waals surface area contributed by atoms with Crippen molar-refractivity contribution in [1.29, 1.82) is 0 Å². The van der Waals surface area contributed by atoms with Gasteiger partial charge >= 0.3 is 6.18 Å². The fourth-order valence-corrected chi connectivity index (χ4v) is 5.52. The first-order chi connectivity index (χ1) is 24.2. The molecule has 0 fully saturated rings. The summed E-state index contributed by atoms with van der Waals surface area (Å²) in [5.74, 6) is -1.95. The number of rotatable bonds is 18. The Morgan fingerprint density at radius 2 is 1.55 bits per heavy atom. The molecule has 2 heterocycles. The Balaban J connectivity index is 0.000000786. The summed E-state index contributed by atoms with van der Waals surface area (Å²) in [4.78, 5) is 32.0. The standard InChI is InChI=1S/C17H27F2N3O.C12H15F3N2O.C5H12.C4H10O/c1-3-10-22(14-23)11-8-6-5-7-9-16-20-12-15(13-21-16)17(18,19)4-2;1-3-6(2)7-4-5-8-9(12(13,14)15)11(18)17-16-10(7)8;1-3-5-4-2;1-3-4-5-2/h12-14H,3-11H2,1-2H3;6-7H,3-5H2,1-2H3,(H,17,18);3-5H2,1-2H3;3-4H2,1-2H3. The lowest BCUT2D eigenvalue weighted by Gasteiger charge is -2.17. The summed E-state index contributed by atoms with van der Waals surface area (Å²) in [6.07, 6.45) is 11.2. The molecular formula is C38H64F5N5O3. The van der Waals surface area contributed by atoms with E-state index in [1.807, 2.05) is 18.9 Å². The Morgan fingerprint density at radius 1 is 0.922 bits per heavy atom. The van der Waals surface area contributed by atoms with Crippen molar-refractivity contribution in [2.24, 2.45) is 5.92 Å². The number of methoxy groups -OCH3 is 1. The van der Waals surface area contributed by atoms with Crippen LogP contribution in [0.25, 0.3) is 0 Å². The van der Waals surface area contributed by atoms with Gasteiger partial charge in [-0.2, -0.15) is 18.3 Å². The maximum absolute atomic E-state index is 13.4. The molecule has 0 spiro atoms. The molecule has 0 aromatic carbocycles. The van der Waals surface area contributed by atoms with Gasteiger partial charge in [0.2, 0.25) is 6.41 Å². The van der Waals surface area contributed by atoms with Crippen LogP contribution < -0.4 is 5.56 Å². The Kier molecular flexibility index (Phi) is 25.2. The van der Waals surface area contributed by atoms with E-state index in [0.717, 1.165) is 71.1 Å². The topological polar surface area (TPSA) is 101 Å². The van der Waals surface area contributed by atoms with Gasteiger partial charge in [-0.1, -0.05) is 87.0 Å². The van der Waals surface area contributed by atoms with E-state index in [9.17, 15) is 31.5 Å². The van der Waals surface area contributed by atoms with Crippen molar-refractivity contribution in [3.63, 3.8) is 0 Å². The van der Waals surface area contributed by atoms with E-state index < -0.39 is 23.2 Å². The molecule has 0 aliphatic heterocycles. The Morgan fingerprint density at radius 3 is 2.00 bits per heavy atom. The van der Waals surface area contributed by atoms with E-state index >= 15 is 0 Å². The van der Waals surface area contributed by atoms with Gasteiger partial charge in [0.05, 0.1) is 11.3 Å². The van der Waals surface area contributed by atoms with Gasteiger partial charge in [-0.25, -0.2) is 23.8 Å². The molecule has 2 unspecified atom stereocenters. The molecule has 0 saturated heterocycles. The summed E-state index contributed by atoms with van der Waals surface area (Å²) >= 11 is 0. The van der Waals surface area contributed by atoms with Crippen LogP contribution in [-0.4, -0.2) is 58.3 Å². The van der Waals surface area contributed by atoms with E-state index in [0.29, 0.717) is 24.4 Å². The van der Waals surface area contributed by atoms with Gasteiger partial charge in [0, 0.05) is 58.0 Å². The Hall–Kier alpha value is -2.96. The van der Waals surface area contributed by atoms with Crippen LogP contribution in [0.5, 0.6) is 0 Å². The van der Waals surface area contributed by atoms with Crippen LogP contribution in [-0.2, 0) is 34.5 Å². The third-order valence-corrected chi connectivity index (χ3v) is 8.73. The number of ether oxygens (including phenoxy) is 1. The zero-order chi connectivity index (χ0) is 38.9. The molecular weight excluding hydrogens is 669 g/mol. The zero-order valence-electron chi connectivity index (χ0n) is 32.3. The first-order valence-electron chi connectivity index (χ1n) is 18.8. The molecule has 294 valence electrons. The number of nitrogens with zero attached hydrogens (tertiary/aromatic N) is 4. The molecule has 3 rings (SSSR count). The van der Waals surface area contributed by atoms with Crippen LogP contribution in [0.1, 0.15) is 160 Å². The van der Waals surface area contributed by atoms with E-state index in [4.69, 9.17) is 4.74 Å². The number of nitrogens with one attached hydrogen (secondary N) is 1. The van der Waals surface area contributed by atoms with E-state index in [1.54, 1.807) is 12.0 Å². The Bertz CT molecular complexity index is 1230. The number of alkyl halides is 5. The fraction of sp³-hybridized carbons (Fsp3) is 0.763. The van der Waals surface area contributed by atoms with Crippen molar-refractivity contribution in [3.05, 3.63) is 51.0 Å². The minimum atomic E-state index is -4.61. The maximum atomic E-state index is 13.4. The number of carbonyl (C=O) groups excluding carboxylic acids is 1. The van der Waals surface area contributed by atoms with Crippen LogP contribution in [0.15, 0.2) is 17.2 Å². The molecule has 13 heteroatoms. The molecule has 2 atom stereocenters. The highest BCUT2D eigenvalue weighted by Crippen LogP contribution is 2.42. The second-order valence-electron chi connectivity index (χ2n) is 12.9. The second-order valence-corrected chi connectivity index (χ2v) is 12.9. The highest BCUT2D eigenvalue weighted by atomic mass is 19.4. The third kappa shape index (κ3) is 18.4. The van der Waals surface area contributed by atoms with Crippen LogP contribution in [0, 0.1) is 5.92 Å². The number of carbonyl (C=O) groups is 1. The minimum Gasteiger partial charge on any atom is -0.385 e. The number of aromatic amines is 1. The number of hydrogen-bond donors (Lipinski definition) is 1. The van der Waals surface area contributed by atoms with Crippen molar-refractivity contribution in [3.8, 4) is 0 Å². The summed E-state index contributed by atoms with van der Waals surface area (Å²) < 4.78 is 70.2. The highest BCUT2D eigenvalue weighted by molar-refractivity contribution is 5.46. The molecule has 1 N–H and O–H groups in total. The van der Waals surface area contributed by atoms with Crippen molar-refractivity contribution in [1.82, 2.24) is 25.1 Å². The van der Waals surface area contributed by atoms with Crippen LogP contribution in [0.3, 0.4) is 0 Å². The number of hydrogen-bond acceptors (Lipinski definition) is 6. The first kappa shape index (κ1) is 48.0. The quantitative estimate of drug-likeness (QED) is 0.0930. The van der Waals surface area contributed by atoms with E-state index in [1.165, 1.54) is 38.6 Å². The van der Waals surface area contributed by atoms with Crippen molar-refractivity contribution in [2.75, 3.05) is 26.8 Å². The number of unbranched alkanes of at least 4 members (excludes halogenated alkanes) is 5. The van der Waals surface area contributed by atoms with Crippen LogP contribution in [0.2, 0.25) is 0 Å². The lowest BCUT2D eigenvalue weighted by atomic mass is 9.90. The zero-order valence-corrected chi connectivity index (χ0v) is 32.3. The Labute approximate surface area is 302 Å². The van der Waals surface area contributed by atoms with Gasteiger partial charge in [-0.15, -0.1) is 0 Å². The first-order valence-corrected chi connectivity index (χ1v) is 18.8. The van der Waals surface area contributed by atoms with E-state index in [-0.39, 0.29) is 35.8 Å².